The number of methoxy groups -OCH3 is 1. The molecule has 1 aliphatic heterocycles. The molecule has 1 fully saturated rings. The molecule has 0 bridgehead atoms. The van der Waals surface area contributed by atoms with Crippen LogP contribution in [0.15, 0.2) is 27.4 Å². The number of nitriles is 1. The van der Waals surface area contributed by atoms with Gasteiger partial charge in [0.1, 0.15) is 17.4 Å². The van der Waals surface area contributed by atoms with E-state index in [0.29, 0.717) is 22.9 Å². The highest BCUT2D eigenvalue weighted by atomic mass is 16.5. The zero-order chi connectivity index (χ0) is 15.7. The first-order valence-electron chi connectivity index (χ1n) is 7.44. The summed E-state index contributed by atoms with van der Waals surface area (Å²) in [5, 5.41) is 10.2. The first-order valence-corrected chi connectivity index (χ1v) is 7.44. The largest absolute Gasteiger partial charge is 0.497 e. The van der Waals surface area contributed by atoms with E-state index in [9.17, 15) is 10.1 Å². The molecular weight excluding hydrogens is 280 g/mol. The van der Waals surface area contributed by atoms with Gasteiger partial charge in [0.25, 0.3) is 0 Å². The summed E-state index contributed by atoms with van der Waals surface area (Å²) >= 11 is 0. The number of piperidine rings is 1. The lowest BCUT2D eigenvalue weighted by Crippen LogP contribution is -2.34. The Morgan fingerprint density at radius 2 is 2.09 bits per heavy atom. The minimum atomic E-state index is -0.586. The molecule has 0 amide bonds. The molecule has 0 saturated carbocycles. The normalized spacial score (nSPS) is 15.8. The van der Waals surface area contributed by atoms with Crippen LogP contribution in [-0.2, 0) is 0 Å². The summed E-state index contributed by atoms with van der Waals surface area (Å²) in [6, 6.07) is 7.37. The Hall–Kier alpha value is -2.48. The van der Waals surface area contributed by atoms with Crippen molar-refractivity contribution in [3.63, 3.8) is 0 Å². The Morgan fingerprint density at radius 3 is 2.73 bits per heavy atom. The topological polar surface area (TPSA) is 66.5 Å². The van der Waals surface area contributed by atoms with Crippen LogP contribution in [0.2, 0.25) is 0 Å². The number of rotatable bonds is 2. The first-order chi connectivity index (χ1) is 10.6. The summed E-state index contributed by atoms with van der Waals surface area (Å²) in [6.07, 6.45) is 2.12. The number of hydrogen-bond donors (Lipinski definition) is 0. The molecule has 2 heterocycles. The summed E-state index contributed by atoms with van der Waals surface area (Å²) in [4.78, 5) is 14.3. The average molecular weight is 298 g/mol. The minimum Gasteiger partial charge on any atom is -0.497 e. The second-order valence-electron chi connectivity index (χ2n) is 5.76. The highest BCUT2D eigenvalue weighted by Crippen LogP contribution is 2.33. The highest BCUT2D eigenvalue weighted by Gasteiger charge is 2.23. The number of nitrogens with zero attached hydrogens (tertiary/aromatic N) is 2. The van der Waals surface area contributed by atoms with Crippen LogP contribution in [0.1, 0.15) is 25.3 Å². The number of ether oxygens (including phenoxy) is 1. The predicted molar refractivity (Wildman–Crippen MR) is 84.4 cm³/mol. The third-order valence-electron chi connectivity index (χ3n) is 4.30. The molecule has 0 atom stereocenters. The van der Waals surface area contributed by atoms with E-state index in [1.165, 1.54) is 0 Å². The molecule has 0 N–H and O–H groups in total. The molecule has 0 unspecified atom stereocenters. The van der Waals surface area contributed by atoms with Gasteiger partial charge in [-0.3, -0.25) is 0 Å². The van der Waals surface area contributed by atoms with Gasteiger partial charge in [-0.05, 0) is 30.9 Å². The number of fused-ring (bicyclic) bond motifs is 1. The standard InChI is InChI=1S/C17H18N2O3/c1-11-5-7-19(8-6-11)16-13-4-3-12(21-2)9-15(13)22-17(20)14(16)10-18/h3-4,9,11H,5-8H2,1-2H3. The van der Waals surface area contributed by atoms with E-state index in [4.69, 9.17) is 9.15 Å². The summed E-state index contributed by atoms with van der Waals surface area (Å²) in [5.41, 5.74) is 0.657. The molecule has 1 aliphatic rings. The van der Waals surface area contributed by atoms with Gasteiger partial charge in [0.15, 0.2) is 5.56 Å². The zero-order valence-electron chi connectivity index (χ0n) is 12.8. The van der Waals surface area contributed by atoms with E-state index in [0.717, 1.165) is 31.3 Å². The van der Waals surface area contributed by atoms with Gasteiger partial charge in [0.2, 0.25) is 0 Å². The van der Waals surface area contributed by atoms with Crippen LogP contribution < -0.4 is 15.3 Å². The molecule has 2 aromatic rings. The number of anilines is 1. The third kappa shape index (κ3) is 2.41. The maximum absolute atomic E-state index is 12.1. The van der Waals surface area contributed by atoms with E-state index in [2.05, 4.69) is 11.8 Å². The van der Waals surface area contributed by atoms with E-state index >= 15 is 0 Å². The van der Waals surface area contributed by atoms with Crippen molar-refractivity contribution in [2.24, 2.45) is 5.92 Å². The monoisotopic (exact) mass is 298 g/mol. The van der Waals surface area contributed by atoms with Crippen molar-refractivity contribution in [2.75, 3.05) is 25.1 Å². The van der Waals surface area contributed by atoms with Gasteiger partial charge in [-0.25, -0.2) is 4.79 Å². The lowest BCUT2D eigenvalue weighted by atomic mass is 9.97. The van der Waals surface area contributed by atoms with Crippen molar-refractivity contribution in [3.8, 4) is 11.8 Å². The van der Waals surface area contributed by atoms with E-state index in [1.54, 1.807) is 13.2 Å². The Labute approximate surface area is 128 Å². The fraction of sp³-hybridized carbons (Fsp3) is 0.412. The van der Waals surface area contributed by atoms with E-state index in [1.807, 2.05) is 18.2 Å². The Morgan fingerprint density at radius 1 is 1.36 bits per heavy atom. The summed E-state index contributed by atoms with van der Waals surface area (Å²) in [5.74, 6) is 1.30. The Balaban J connectivity index is 2.21. The molecule has 114 valence electrons. The van der Waals surface area contributed by atoms with Crippen molar-refractivity contribution in [1.82, 2.24) is 0 Å². The van der Waals surface area contributed by atoms with Gasteiger partial charge in [0, 0.05) is 24.5 Å². The predicted octanol–water partition coefficient (Wildman–Crippen LogP) is 2.91. The van der Waals surface area contributed by atoms with Crippen molar-refractivity contribution in [3.05, 3.63) is 34.2 Å². The lowest BCUT2D eigenvalue weighted by molar-refractivity contribution is 0.414. The maximum atomic E-state index is 12.1. The van der Waals surface area contributed by atoms with Crippen molar-refractivity contribution in [2.45, 2.75) is 19.8 Å². The SMILES string of the molecule is COc1ccc2c(N3CCC(C)CC3)c(C#N)c(=O)oc2c1. The van der Waals surface area contributed by atoms with Crippen LogP contribution in [0.5, 0.6) is 5.75 Å². The molecule has 5 nitrogen and oxygen atoms in total. The molecule has 0 aliphatic carbocycles. The first kappa shape index (κ1) is 14.5. The van der Waals surface area contributed by atoms with Gasteiger partial charge >= 0.3 is 5.63 Å². The maximum Gasteiger partial charge on any atom is 0.356 e. The third-order valence-corrected chi connectivity index (χ3v) is 4.30. The quantitative estimate of drug-likeness (QED) is 0.797. The molecule has 0 radical (unpaired) electrons. The number of benzene rings is 1. The van der Waals surface area contributed by atoms with Crippen LogP contribution in [0.25, 0.3) is 11.0 Å². The average Bonchev–Trinajstić information content (AvgIpc) is 2.54. The van der Waals surface area contributed by atoms with Crippen molar-refractivity contribution in [1.29, 1.82) is 5.26 Å². The lowest BCUT2D eigenvalue weighted by Gasteiger charge is -2.33. The molecule has 5 heteroatoms. The Kier molecular flexibility index (Phi) is 3.76. The van der Waals surface area contributed by atoms with Crippen LogP contribution in [0.4, 0.5) is 5.69 Å². The highest BCUT2D eigenvalue weighted by molar-refractivity contribution is 5.93. The fourth-order valence-corrected chi connectivity index (χ4v) is 2.95. The van der Waals surface area contributed by atoms with Crippen LogP contribution in [0, 0.1) is 17.2 Å². The van der Waals surface area contributed by atoms with Gasteiger partial charge in [-0.15, -0.1) is 0 Å². The van der Waals surface area contributed by atoms with E-state index in [-0.39, 0.29) is 5.56 Å². The van der Waals surface area contributed by atoms with Gasteiger partial charge in [0.05, 0.1) is 12.8 Å². The molecule has 1 aromatic carbocycles. The van der Waals surface area contributed by atoms with Crippen LogP contribution in [0.3, 0.4) is 0 Å². The van der Waals surface area contributed by atoms with Crippen LogP contribution >= 0.6 is 0 Å². The summed E-state index contributed by atoms with van der Waals surface area (Å²) in [6.45, 7) is 3.92. The van der Waals surface area contributed by atoms with Gasteiger partial charge in [-0.1, -0.05) is 6.92 Å². The van der Waals surface area contributed by atoms with E-state index < -0.39 is 5.63 Å². The van der Waals surface area contributed by atoms with Crippen molar-refractivity contribution < 1.29 is 9.15 Å². The van der Waals surface area contributed by atoms with Gasteiger partial charge in [-0.2, -0.15) is 5.26 Å². The summed E-state index contributed by atoms with van der Waals surface area (Å²) < 4.78 is 10.5. The number of hydrogen-bond acceptors (Lipinski definition) is 5. The van der Waals surface area contributed by atoms with Crippen molar-refractivity contribution >= 4 is 16.7 Å². The Bertz CT molecular complexity index is 796. The fourth-order valence-electron chi connectivity index (χ4n) is 2.95. The van der Waals surface area contributed by atoms with Crippen LogP contribution in [-0.4, -0.2) is 20.2 Å². The molecule has 1 aromatic heterocycles. The molecule has 3 rings (SSSR count). The molecular formula is C17H18N2O3. The smallest absolute Gasteiger partial charge is 0.356 e. The molecule has 0 spiro atoms. The molecule has 22 heavy (non-hydrogen) atoms. The van der Waals surface area contributed by atoms with Gasteiger partial charge < -0.3 is 14.1 Å². The zero-order valence-corrected chi connectivity index (χ0v) is 12.8. The molecule has 1 saturated heterocycles. The summed E-state index contributed by atoms with van der Waals surface area (Å²) in [7, 11) is 1.57. The second-order valence-corrected chi connectivity index (χ2v) is 5.76. The minimum absolute atomic E-state index is 0.0900. The second kappa shape index (κ2) is 5.72.